The smallest absolute Gasteiger partial charge is 0.457 e. The fourth-order valence-electron chi connectivity index (χ4n) is 6.13. The zero-order chi connectivity index (χ0) is 47.0. The van der Waals surface area contributed by atoms with Gasteiger partial charge in [0.1, 0.15) is 48.2 Å². The van der Waals surface area contributed by atoms with Crippen molar-refractivity contribution in [2.24, 2.45) is 5.11 Å². The number of anilines is 2. The van der Waals surface area contributed by atoms with E-state index >= 15 is 0 Å². The van der Waals surface area contributed by atoms with Gasteiger partial charge in [0.15, 0.2) is 36.8 Å². The molecule has 2 saturated heterocycles. The van der Waals surface area contributed by atoms with Gasteiger partial charge in [-0.2, -0.15) is 4.98 Å². The fraction of sp³-hybridized carbons (Fsp3) is 0.645. The number of hydrogen-bond donors (Lipinski definition) is 7. The molecule has 2 aliphatic heterocycles. The Labute approximate surface area is 369 Å². The lowest BCUT2D eigenvalue weighted by molar-refractivity contribution is -0.156. The van der Waals surface area contributed by atoms with Crippen molar-refractivity contribution in [3.63, 3.8) is 0 Å². The van der Waals surface area contributed by atoms with E-state index in [0.29, 0.717) is 5.75 Å². The molecule has 9 N–H and O–H groups in total. The number of carbonyl (C=O) groups is 2. The van der Waals surface area contributed by atoms with Gasteiger partial charge in [0, 0.05) is 41.1 Å². The van der Waals surface area contributed by atoms with Gasteiger partial charge in [-0.3, -0.25) is 27.5 Å². The van der Waals surface area contributed by atoms with Gasteiger partial charge in [0.25, 0.3) is 0 Å². The molecule has 9 atom stereocenters. The molecule has 1 unspecified atom stereocenters. The third kappa shape index (κ3) is 13.9. The number of phosphoric ester groups is 2. The number of rotatable bonds is 21. The molecule has 0 saturated carbocycles. The van der Waals surface area contributed by atoms with Crippen LogP contribution in [0.3, 0.4) is 0 Å². The summed E-state index contributed by atoms with van der Waals surface area (Å²) in [7, 11) is -7.46. The van der Waals surface area contributed by atoms with E-state index in [-0.39, 0.29) is 53.5 Å². The standard InChI is InChI=1S/C31H46N12O17P2S2/c1-31(2,3)64-63-10-9-41(30(48)54-15-38-40-34)7-4-5-19(44)59-23-16(57-28(21(23)45)43-14-37-20-25(33)35-13-36-26(20)43)12-56-62(52,53)60-24-17(11-55-61(49,50)51)58-27(22(24)46)42-8-6-18(32)39-29(42)47/h6,8,13-14,16-17,21-24,27-28,45-46H,4-5,7,9-12,15H2,1-3H3,(H,52,53)(H2,32,39,47)(H2,33,35,36)(H2,49,50,51)/t16-,17-,21-,22-,23-,24-,27-,28-/m1/s1. The second kappa shape index (κ2) is 21.9. The lowest BCUT2D eigenvalue weighted by Crippen LogP contribution is -2.39. The molecule has 354 valence electrons. The summed E-state index contributed by atoms with van der Waals surface area (Å²) < 4.78 is 64.1. The quantitative estimate of drug-likeness (QED) is 0.0149. The predicted molar refractivity (Wildman–Crippen MR) is 222 cm³/mol. The zero-order valence-corrected chi connectivity index (χ0v) is 37.5. The van der Waals surface area contributed by atoms with Crippen LogP contribution in [0.15, 0.2) is 34.8 Å². The molecule has 2 aliphatic rings. The number of phosphoric acid groups is 2. The largest absolute Gasteiger partial charge is 0.472 e. The van der Waals surface area contributed by atoms with E-state index < -0.39 is 102 Å². The Morgan fingerprint density at radius 1 is 1.02 bits per heavy atom. The second-order valence-corrected chi connectivity index (χ2v) is 20.6. The molecule has 0 aliphatic carbocycles. The molecule has 2 fully saturated rings. The van der Waals surface area contributed by atoms with E-state index in [0.717, 1.165) is 17.1 Å². The Morgan fingerprint density at radius 3 is 2.36 bits per heavy atom. The highest BCUT2D eigenvalue weighted by Crippen LogP contribution is 2.50. The van der Waals surface area contributed by atoms with Crippen molar-refractivity contribution in [3.05, 3.63) is 45.8 Å². The van der Waals surface area contributed by atoms with E-state index in [1.54, 1.807) is 10.8 Å². The molecule has 3 aromatic rings. The first-order chi connectivity index (χ1) is 30.1. The van der Waals surface area contributed by atoms with E-state index in [1.807, 2.05) is 20.8 Å². The lowest BCUT2D eigenvalue weighted by Gasteiger charge is -2.25. The highest BCUT2D eigenvalue weighted by atomic mass is 33.1. The van der Waals surface area contributed by atoms with Crippen LogP contribution in [0.4, 0.5) is 16.4 Å². The molecular formula is C31H46N12O17P2S2. The molecule has 0 spiro atoms. The fourth-order valence-corrected chi connectivity index (χ4v) is 9.70. The number of carbonyl (C=O) groups excluding carboxylic acids is 2. The van der Waals surface area contributed by atoms with Crippen LogP contribution >= 0.6 is 37.2 Å². The number of amides is 1. The first-order valence-corrected chi connectivity index (χ1v) is 24.1. The summed E-state index contributed by atoms with van der Waals surface area (Å²) in [6, 6.07) is 1.17. The predicted octanol–water partition coefficient (Wildman–Crippen LogP) is 0.954. The molecule has 0 radical (unpaired) electrons. The van der Waals surface area contributed by atoms with Gasteiger partial charge >= 0.3 is 33.4 Å². The first-order valence-electron chi connectivity index (χ1n) is 18.8. The third-order valence-electron chi connectivity index (χ3n) is 8.87. The summed E-state index contributed by atoms with van der Waals surface area (Å²) in [5.74, 6) is -0.612. The summed E-state index contributed by atoms with van der Waals surface area (Å²) in [5, 5.41) is 25.9. The number of nitrogens with two attached hydrogens (primary N) is 2. The number of esters is 1. The monoisotopic (exact) mass is 984 g/mol. The van der Waals surface area contributed by atoms with Crippen LogP contribution in [0.25, 0.3) is 21.6 Å². The van der Waals surface area contributed by atoms with Crippen LogP contribution in [0.1, 0.15) is 46.1 Å². The Bertz CT molecular complexity index is 2310. The third-order valence-corrected chi connectivity index (χ3v) is 13.7. The molecule has 1 amide bonds. The Morgan fingerprint density at radius 2 is 1.69 bits per heavy atom. The summed E-state index contributed by atoms with van der Waals surface area (Å²) in [6.45, 7) is 3.76. The van der Waals surface area contributed by atoms with Crippen molar-refractivity contribution in [1.29, 1.82) is 0 Å². The summed E-state index contributed by atoms with van der Waals surface area (Å²) >= 11 is 0. The maximum Gasteiger partial charge on any atom is 0.472 e. The Hall–Kier alpha value is -4.16. The van der Waals surface area contributed by atoms with Crippen molar-refractivity contribution < 1.29 is 76.1 Å². The minimum absolute atomic E-state index is 0.00171. The van der Waals surface area contributed by atoms with Crippen LogP contribution in [-0.4, -0.2) is 151 Å². The van der Waals surface area contributed by atoms with Crippen molar-refractivity contribution in [2.45, 2.75) is 87.4 Å². The number of nitrogen functional groups attached to an aromatic ring is 2. The number of ether oxygens (including phenoxy) is 4. The van der Waals surface area contributed by atoms with E-state index in [9.17, 15) is 48.4 Å². The summed E-state index contributed by atoms with van der Waals surface area (Å²) in [5.41, 5.74) is 19.2. The molecule has 29 nitrogen and oxygen atoms in total. The van der Waals surface area contributed by atoms with Gasteiger partial charge < -0.3 is 60.2 Å². The molecule has 5 rings (SSSR count). The van der Waals surface area contributed by atoms with Gasteiger partial charge in [0.2, 0.25) is 0 Å². The molecule has 64 heavy (non-hydrogen) atoms. The molecule has 3 aromatic heterocycles. The number of aliphatic hydroxyl groups excluding tert-OH is 2. The van der Waals surface area contributed by atoms with Crippen LogP contribution in [0, 0.1) is 0 Å². The van der Waals surface area contributed by atoms with Crippen LogP contribution < -0.4 is 17.2 Å². The van der Waals surface area contributed by atoms with Crippen molar-refractivity contribution in [1.82, 2.24) is 34.0 Å². The Kier molecular flexibility index (Phi) is 17.4. The first kappa shape index (κ1) is 50.8. The van der Waals surface area contributed by atoms with Gasteiger partial charge in [-0.1, -0.05) is 47.5 Å². The zero-order valence-electron chi connectivity index (χ0n) is 34.1. The highest BCUT2D eigenvalue weighted by molar-refractivity contribution is 8.77. The van der Waals surface area contributed by atoms with Gasteiger partial charge in [-0.15, -0.1) is 0 Å². The number of aliphatic hydroxyl groups is 2. The molecule has 5 heterocycles. The van der Waals surface area contributed by atoms with Gasteiger partial charge in [-0.25, -0.2) is 33.7 Å². The maximum atomic E-state index is 13.5. The van der Waals surface area contributed by atoms with Crippen molar-refractivity contribution in [3.8, 4) is 0 Å². The molecule has 0 aromatic carbocycles. The summed E-state index contributed by atoms with van der Waals surface area (Å²) in [4.78, 5) is 87.7. The number of fused-ring (bicyclic) bond motifs is 1. The van der Waals surface area contributed by atoms with Crippen LogP contribution in [0.2, 0.25) is 0 Å². The maximum absolute atomic E-state index is 13.5. The highest BCUT2D eigenvalue weighted by Gasteiger charge is 2.52. The SMILES string of the molecule is CC(C)(C)SSCCN(CCCC(=O)O[C@H]1[C@@H](O)[C@H](n2cnc3c(N)ncnc32)O[C@@H]1COP(=O)(O)O[C@H]1[C@@H](O)[C@H](n2ccc(N)nc2=O)O[C@@H]1COP(=O)(O)O)C(=O)OCN=[N+]=[N-]. The summed E-state index contributed by atoms with van der Waals surface area (Å²) in [6.07, 6.45) is -11.3. The van der Waals surface area contributed by atoms with Crippen molar-refractivity contribution in [2.75, 3.05) is 50.3 Å². The number of hydrogen-bond acceptors (Lipinski definition) is 23. The van der Waals surface area contributed by atoms with E-state index in [4.69, 9.17) is 45.0 Å². The average Bonchev–Trinajstić information content (AvgIpc) is 3.86. The minimum Gasteiger partial charge on any atom is -0.457 e. The average molecular weight is 985 g/mol. The normalized spacial score (nSPS) is 24.6. The Balaban J connectivity index is 1.31. The van der Waals surface area contributed by atoms with Crippen LogP contribution in [0.5, 0.6) is 0 Å². The van der Waals surface area contributed by atoms with E-state index in [1.165, 1.54) is 32.7 Å². The number of aromatic nitrogens is 6. The second-order valence-electron chi connectivity index (χ2n) is 14.7. The van der Waals surface area contributed by atoms with Gasteiger partial charge in [-0.05, 0) is 18.0 Å². The topological polar surface area (TPSA) is 417 Å². The number of imidazole rings is 1. The number of nitrogens with zero attached hydrogens (tertiary/aromatic N) is 10. The number of azide groups is 1. The minimum atomic E-state index is -5.40. The van der Waals surface area contributed by atoms with Crippen molar-refractivity contribution >= 4 is 72.1 Å². The van der Waals surface area contributed by atoms with Gasteiger partial charge in [0.05, 0.1) is 19.5 Å². The van der Waals surface area contributed by atoms with E-state index in [2.05, 4.69) is 34.5 Å². The van der Waals surface area contributed by atoms with Crippen LogP contribution in [-0.2, 0) is 46.4 Å². The molecule has 33 heteroatoms. The molecule has 0 bridgehead atoms. The lowest BCUT2D eigenvalue weighted by atomic mass is 10.1. The molecular weight excluding hydrogens is 938 g/mol.